The molecule has 0 unspecified atom stereocenters. The molecule has 2 N–H and O–H groups in total. The molecule has 1 saturated heterocycles. The van der Waals surface area contributed by atoms with Crippen LogP contribution in [0.5, 0.6) is 5.75 Å². The lowest BCUT2D eigenvalue weighted by molar-refractivity contribution is -0.144. The van der Waals surface area contributed by atoms with Crippen LogP contribution in [0.2, 0.25) is 0 Å². The largest absolute Gasteiger partial charge is 0.480 e. The predicted molar refractivity (Wildman–Crippen MR) is 89.0 cm³/mol. The molecule has 1 aromatic carbocycles. The smallest absolute Gasteiger partial charge is 0.325 e. The van der Waals surface area contributed by atoms with Crippen LogP contribution in [-0.2, 0) is 9.59 Å². The fourth-order valence-electron chi connectivity index (χ4n) is 3.14. The Morgan fingerprint density at radius 1 is 1.40 bits per heavy atom. The van der Waals surface area contributed by atoms with Gasteiger partial charge in [0.25, 0.3) is 0 Å². The number of carboxylic acid groups (broad SMARTS) is 1. The molecule has 0 radical (unpaired) electrons. The SMILES string of the molecule is N#CCOc1ccc2[nH]cc([C@@H](C(=O)O)N3CCN(C=O)CC3)c2c1. The summed E-state index contributed by atoms with van der Waals surface area (Å²) in [5.41, 5.74) is 1.45. The van der Waals surface area contributed by atoms with Crippen LogP contribution in [-0.4, -0.2) is 65.1 Å². The second-order valence-electron chi connectivity index (χ2n) is 5.82. The van der Waals surface area contributed by atoms with Crippen molar-refractivity contribution in [1.82, 2.24) is 14.8 Å². The number of aromatic nitrogens is 1. The average Bonchev–Trinajstić information content (AvgIpc) is 3.03. The quantitative estimate of drug-likeness (QED) is 0.757. The number of hydrogen-bond donors (Lipinski definition) is 2. The first-order chi connectivity index (χ1) is 12.1. The van der Waals surface area contributed by atoms with Gasteiger partial charge in [0, 0.05) is 48.8 Å². The van der Waals surface area contributed by atoms with Crippen molar-refractivity contribution in [1.29, 1.82) is 5.26 Å². The van der Waals surface area contributed by atoms with Gasteiger partial charge in [0.05, 0.1) is 0 Å². The third-order valence-corrected chi connectivity index (χ3v) is 4.38. The van der Waals surface area contributed by atoms with Crippen molar-refractivity contribution in [2.75, 3.05) is 32.8 Å². The fraction of sp³-hybridized carbons (Fsp3) is 0.353. The molecule has 1 fully saturated rings. The maximum Gasteiger partial charge on any atom is 0.325 e. The standard InChI is InChI=1S/C17H18N4O4/c18-3-8-25-12-1-2-15-13(9-12)14(10-19-15)16(17(23)24)21-6-4-20(11-22)5-7-21/h1-2,9-11,16,19H,4-8H2,(H,23,24)/t16-/m0/s1. The lowest BCUT2D eigenvalue weighted by Crippen LogP contribution is -2.48. The first-order valence-corrected chi connectivity index (χ1v) is 7.91. The monoisotopic (exact) mass is 342 g/mol. The molecule has 8 nitrogen and oxygen atoms in total. The highest BCUT2D eigenvalue weighted by Crippen LogP contribution is 2.31. The molecule has 25 heavy (non-hydrogen) atoms. The maximum atomic E-state index is 11.9. The average molecular weight is 342 g/mol. The van der Waals surface area contributed by atoms with Crippen molar-refractivity contribution in [2.45, 2.75) is 6.04 Å². The van der Waals surface area contributed by atoms with E-state index in [1.165, 1.54) is 0 Å². The number of rotatable bonds is 6. The molecule has 1 amide bonds. The fourth-order valence-corrected chi connectivity index (χ4v) is 3.14. The number of fused-ring (bicyclic) bond motifs is 1. The first kappa shape index (κ1) is 16.8. The minimum absolute atomic E-state index is 0.0682. The van der Waals surface area contributed by atoms with E-state index in [1.807, 2.05) is 11.0 Å². The van der Waals surface area contributed by atoms with Gasteiger partial charge in [-0.3, -0.25) is 14.5 Å². The second-order valence-corrected chi connectivity index (χ2v) is 5.82. The summed E-state index contributed by atoms with van der Waals surface area (Å²) >= 11 is 0. The zero-order chi connectivity index (χ0) is 17.8. The minimum Gasteiger partial charge on any atom is -0.480 e. The van der Waals surface area contributed by atoms with Crippen molar-refractivity contribution < 1.29 is 19.4 Å². The molecule has 1 aliphatic heterocycles. The van der Waals surface area contributed by atoms with Crippen molar-refractivity contribution in [3.8, 4) is 11.8 Å². The van der Waals surface area contributed by atoms with Crippen LogP contribution >= 0.6 is 0 Å². The molecule has 0 spiro atoms. The molecule has 1 atom stereocenters. The molecule has 130 valence electrons. The van der Waals surface area contributed by atoms with E-state index in [0.29, 0.717) is 37.5 Å². The van der Waals surface area contributed by atoms with Gasteiger partial charge >= 0.3 is 5.97 Å². The zero-order valence-electron chi connectivity index (χ0n) is 13.5. The van der Waals surface area contributed by atoms with Crippen LogP contribution in [0.15, 0.2) is 24.4 Å². The number of amides is 1. The number of aromatic amines is 1. The van der Waals surface area contributed by atoms with Gasteiger partial charge in [-0.1, -0.05) is 0 Å². The number of nitriles is 1. The Labute approximate surface area is 144 Å². The number of carboxylic acids is 1. The van der Waals surface area contributed by atoms with Crippen LogP contribution in [0.25, 0.3) is 10.9 Å². The maximum absolute atomic E-state index is 11.9. The predicted octanol–water partition coefficient (Wildman–Crippen LogP) is 0.970. The van der Waals surface area contributed by atoms with E-state index < -0.39 is 12.0 Å². The van der Waals surface area contributed by atoms with E-state index in [1.54, 1.807) is 29.3 Å². The number of H-pyrrole nitrogens is 1. The van der Waals surface area contributed by atoms with E-state index in [0.717, 1.165) is 17.3 Å². The third-order valence-electron chi connectivity index (χ3n) is 4.38. The first-order valence-electron chi connectivity index (χ1n) is 7.91. The summed E-state index contributed by atoms with van der Waals surface area (Å²) in [4.78, 5) is 29.4. The van der Waals surface area contributed by atoms with Gasteiger partial charge in [-0.15, -0.1) is 0 Å². The normalized spacial score (nSPS) is 16.4. The Balaban J connectivity index is 1.92. The number of ether oxygens (including phenoxy) is 1. The summed E-state index contributed by atoms with van der Waals surface area (Å²) in [6, 6.07) is 6.38. The lowest BCUT2D eigenvalue weighted by atomic mass is 10.0. The number of nitrogens with zero attached hydrogens (tertiary/aromatic N) is 3. The highest BCUT2D eigenvalue weighted by molar-refractivity contribution is 5.90. The molecule has 8 heteroatoms. The minimum atomic E-state index is -0.941. The molecule has 2 aromatic rings. The number of carbonyl (C=O) groups excluding carboxylic acids is 1. The topological polar surface area (TPSA) is 110 Å². The van der Waals surface area contributed by atoms with E-state index >= 15 is 0 Å². The molecular weight excluding hydrogens is 324 g/mol. The Hall–Kier alpha value is -3.05. The van der Waals surface area contributed by atoms with Gasteiger partial charge in [0.15, 0.2) is 6.61 Å². The number of hydrogen-bond acceptors (Lipinski definition) is 5. The van der Waals surface area contributed by atoms with Gasteiger partial charge in [-0.05, 0) is 18.2 Å². The van der Waals surface area contributed by atoms with Gasteiger partial charge in [-0.25, -0.2) is 0 Å². The lowest BCUT2D eigenvalue weighted by Gasteiger charge is -2.36. The van der Waals surface area contributed by atoms with E-state index in [2.05, 4.69) is 4.98 Å². The number of aliphatic carboxylic acids is 1. The number of carbonyl (C=O) groups is 2. The van der Waals surface area contributed by atoms with Crippen LogP contribution in [0.3, 0.4) is 0 Å². The van der Waals surface area contributed by atoms with Crippen molar-refractivity contribution >= 4 is 23.3 Å². The Bertz CT molecular complexity index is 818. The third kappa shape index (κ3) is 3.41. The van der Waals surface area contributed by atoms with Crippen LogP contribution < -0.4 is 4.74 Å². The van der Waals surface area contributed by atoms with E-state index in [-0.39, 0.29) is 6.61 Å². The Kier molecular flexibility index (Phi) is 4.86. The number of benzene rings is 1. The summed E-state index contributed by atoms with van der Waals surface area (Å²) in [5.74, 6) is -0.423. The van der Waals surface area contributed by atoms with E-state index in [4.69, 9.17) is 10.00 Å². The van der Waals surface area contributed by atoms with Crippen LogP contribution in [0.4, 0.5) is 0 Å². The summed E-state index contributed by atoms with van der Waals surface area (Å²) in [5, 5.41) is 19.2. The Morgan fingerprint density at radius 3 is 2.80 bits per heavy atom. The van der Waals surface area contributed by atoms with Crippen molar-refractivity contribution in [3.05, 3.63) is 30.0 Å². The molecule has 1 aromatic heterocycles. The number of nitrogens with one attached hydrogen (secondary N) is 1. The molecule has 1 aliphatic rings. The summed E-state index contributed by atoms with van der Waals surface area (Å²) in [6.45, 7) is 1.93. The molecule has 0 aliphatic carbocycles. The van der Waals surface area contributed by atoms with Crippen LogP contribution in [0.1, 0.15) is 11.6 Å². The van der Waals surface area contributed by atoms with Crippen molar-refractivity contribution in [3.63, 3.8) is 0 Å². The van der Waals surface area contributed by atoms with E-state index in [9.17, 15) is 14.7 Å². The molecule has 3 rings (SSSR count). The second kappa shape index (κ2) is 7.23. The van der Waals surface area contributed by atoms with Gasteiger partial charge in [-0.2, -0.15) is 5.26 Å². The van der Waals surface area contributed by atoms with Crippen LogP contribution in [0, 0.1) is 11.3 Å². The Morgan fingerprint density at radius 2 is 2.16 bits per heavy atom. The molecule has 0 bridgehead atoms. The molecule has 0 saturated carbocycles. The van der Waals surface area contributed by atoms with Gasteiger partial charge in [0.1, 0.15) is 17.9 Å². The highest BCUT2D eigenvalue weighted by Gasteiger charge is 2.31. The molecular formula is C17H18N4O4. The summed E-state index contributed by atoms with van der Waals surface area (Å²) in [6.07, 6.45) is 2.49. The molecule has 2 heterocycles. The summed E-state index contributed by atoms with van der Waals surface area (Å²) < 4.78 is 5.32. The van der Waals surface area contributed by atoms with Gasteiger partial charge in [0.2, 0.25) is 6.41 Å². The summed E-state index contributed by atoms with van der Waals surface area (Å²) in [7, 11) is 0. The number of piperazine rings is 1. The van der Waals surface area contributed by atoms with Crippen molar-refractivity contribution in [2.24, 2.45) is 0 Å². The highest BCUT2D eigenvalue weighted by atomic mass is 16.5. The zero-order valence-corrected chi connectivity index (χ0v) is 13.5. The van der Waals surface area contributed by atoms with Gasteiger partial charge < -0.3 is 19.7 Å².